The van der Waals surface area contributed by atoms with Crippen molar-refractivity contribution in [2.45, 2.75) is 17.9 Å². The van der Waals surface area contributed by atoms with Gasteiger partial charge in [0.1, 0.15) is 5.75 Å². The number of thiophene rings is 1. The molecule has 2 N–H and O–H groups in total. The van der Waals surface area contributed by atoms with E-state index in [4.69, 9.17) is 9.47 Å². The van der Waals surface area contributed by atoms with E-state index in [2.05, 4.69) is 21.0 Å². The van der Waals surface area contributed by atoms with Crippen LogP contribution in [0, 0.1) is 6.92 Å². The number of anilines is 1. The van der Waals surface area contributed by atoms with Crippen LogP contribution in [0.25, 0.3) is 0 Å². The fourth-order valence-corrected chi connectivity index (χ4v) is 5.90. The van der Waals surface area contributed by atoms with Crippen molar-refractivity contribution in [1.82, 2.24) is 10.2 Å². The number of benzene rings is 2. The Labute approximate surface area is 209 Å². The first-order valence-electron chi connectivity index (χ1n) is 11.3. The van der Waals surface area contributed by atoms with Crippen LogP contribution in [0.15, 0.2) is 64.9 Å². The molecule has 0 bridgehead atoms. The number of carbonyl (C=O) groups is 1. The Morgan fingerprint density at radius 1 is 1.14 bits per heavy atom. The lowest BCUT2D eigenvalue weighted by Crippen LogP contribution is -2.43. The SMILES string of the molecule is COc1ccc(NS(=O)(=O)c2ccc(C)c(C(=O)NC[C@H](c3cccs3)N3CCOCC3)c2)cc1. The average molecular weight is 516 g/mol. The summed E-state index contributed by atoms with van der Waals surface area (Å²) in [5.41, 5.74) is 1.43. The third-order valence-corrected chi connectivity index (χ3v) is 8.27. The molecule has 186 valence electrons. The summed E-state index contributed by atoms with van der Waals surface area (Å²) < 4.78 is 39.1. The van der Waals surface area contributed by atoms with E-state index < -0.39 is 10.0 Å². The van der Waals surface area contributed by atoms with Gasteiger partial charge in [0, 0.05) is 35.8 Å². The van der Waals surface area contributed by atoms with Gasteiger partial charge in [-0.25, -0.2) is 8.42 Å². The molecule has 1 atom stereocenters. The van der Waals surface area contributed by atoms with Crippen molar-refractivity contribution < 1.29 is 22.7 Å². The van der Waals surface area contributed by atoms with E-state index in [1.165, 1.54) is 17.0 Å². The minimum absolute atomic E-state index is 0.0204. The predicted molar refractivity (Wildman–Crippen MR) is 137 cm³/mol. The molecule has 0 spiro atoms. The summed E-state index contributed by atoms with van der Waals surface area (Å²) in [4.78, 5) is 16.6. The zero-order chi connectivity index (χ0) is 24.8. The molecule has 2 heterocycles. The van der Waals surface area contributed by atoms with E-state index >= 15 is 0 Å². The number of methoxy groups -OCH3 is 1. The molecular weight excluding hydrogens is 486 g/mol. The molecule has 35 heavy (non-hydrogen) atoms. The molecule has 1 amide bonds. The monoisotopic (exact) mass is 515 g/mol. The van der Waals surface area contributed by atoms with E-state index in [0.29, 0.717) is 42.3 Å². The molecule has 10 heteroatoms. The van der Waals surface area contributed by atoms with Crippen molar-refractivity contribution in [2.24, 2.45) is 0 Å². The number of carbonyl (C=O) groups excluding carboxylic acids is 1. The van der Waals surface area contributed by atoms with Gasteiger partial charge in [-0.3, -0.25) is 14.4 Å². The van der Waals surface area contributed by atoms with Crippen molar-refractivity contribution >= 4 is 33.0 Å². The summed E-state index contributed by atoms with van der Waals surface area (Å²) in [7, 11) is -2.34. The molecular formula is C25H29N3O5S2. The Hall–Kier alpha value is -2.92. The Balaban J connectivity index is 1.49. The predicted octanol–water partition coefficient (Wildman–Crippen LogP) is 3.67. The lowest BCUT2D eigenvalue weighted by atomic mass is 10.1. The highest BCUT2D eigenvalue weighted by molar-refractivity contribution is 7.92. The highest BCUT2D eigenvalue weighted by Crippen LogP contribution is 2.26. The van der Waals surface area contributed by atoms with Gasteiger partial charge < -0.3 is 14.8 Å². The third-order valence-electron chi connectivity index (χ3n) is 5.92. The number of morpholine rings is 1. The van der Waals surface area contributed by atoms with Gasteiger partial charge in [-0.15, -0.1) is 11.3 Å². The van der Waals surface area contributed by atoms with E-state index in [9.17, 15) is 13.2 Å². The second-order valence-corrected chi connectivity index (χ2v) is 10.9. The van der Waals surface area contributed by atoms with Crippen LogP contribution in [0.2, 0.25) is 0 Å². The Morgan fingerprint density at radius 2 is 1.89 bits per heavy atom. The van der Waals surface area contributed by atoms with Crippen molar-refractivity contribution in [3.63, 3.8) is 0 Å². The van der Waals surface area contributed by atoms with Gasteiger partial charge in [0.05, 0.1) is 31.3 Å². The van der Waals surface area contributed by atoms with Crippen molar-refractivity contribution in [3.8, 4) is 5.75 Å². The molecule has 3 aromatic rings. The molecule has 1 fully saturated rings. The molecule has 0 aliphatic carbocycles. The number of hydrogen-bond acceptors (Lipinski definition) is 7. The van der Waals surface area contributed by atoms with Crippen molar-refractivity contribution in [2.75, 3.05) is 44.7 Å². The smallest absolute Gasteiger partial charge is 0.261 e. The lowest BCUT2D eigenvalue weighted by molar-refractivity contribution is 0.0169. The van der Waals surface area contributed by atoms with Crippen LogP contribution in [-0.4, -0.2) is 59.2 Å². The lowest BCUT2D eigenvalue weighted by Gasteiger charge is -2.34. The molecule has 1 aliphatic heterocycles. The van der Waals surface area contributed by atoms with Crippen LogP contribution >= 0.6 is 11.3 Å². The van der Waals surface area contributed by atoms with Crippen LogP contribution in [0.5, 0.6) is 5.75 Å². The molecule has 2 aromatic carbocycles. The van der Waals surface area contributed by atoms with Crippen LogP contribution < -0.4 is 14.8 Å². The van der Waals surface area contributed by atoms with Gasteiger partial charge in [0.2, 0.25) is 0 Å². The van der Waals surface area contributed by atoms with Crippen molar-refractivity contribution in [1.29, 1.82) is 0 Å². The molecule has 0 radical (unpaired) electrons. The largest absolute Gasteiger partial charge is 0.497 e. The topological polar surface area (TPSA) is 97.0 Å². The summed E-state index contributed by atoms with van der Waals surface area (Å²) in [5.74, 6) is 0.319. The molecule has 1 aromatic heterocycles. The normalized spacial score (nSPS) is 15.4. The van der Waals surface area contributed by atoms with Crippen LogP contribution in [0.1, 0.15) is 26.8 Å². The van der Waals surface area contributed by atoms with Crippen LogP contribution in [-0.2, 0) is 14.8 Å². The van der Waals surface area contributed by atoms with Gasteiger partial charge in [0.25, 0.3) is 15.9 Å². The number of ether oxygens (including phenoxy) is 2. The highest BCUT2D eigenvalue weighted by Gasteiger charge is 2.25. The second-order valence-electron chi connectivity index (χ2n) is 8.20. The molecule has 0 unspecified atom stereocenters. The first-order valence-corrected chi connectivity index (χ1v) is 13.6. The summed E-state index contributed by atoms with van der Waals surface area (Å²) >= 11 is 1.66. The van der Waals surface area contributed by atoms with Gasteiger partial charge in [-0.2, -0.15) is 0 Å². The first kappa shape index (κ1) is 25.2. The zero-order valence-electron chi connectivity index (χ0n) is 19.7. The van der Waals surface area contributed by atoms with Gasteiger partial charge >= 0.3 is 0 Å². The van der Waals surface area contributed by atoms with Gasteiger partial charge in [-0.05, 0) is 60.3 Å². The minimum atomic E-state index is -3.88. The average Bonchev–Trinajstić information content (AvgIpc) is 3.40. The molecule has 4 rings (SSSR count). The maximum atomic E-state index is 13.2. The second kappa shape index (κ2) is 11.2. The Kier molecular flexibility index (Phi) is 8.07. The van der Waals surface area contributed by atoms with E-state index in [1.807, 2.05) is 11.4 Å². The number of hydrogen-bond donors (Lipinski definition) is 2. The van der Waals surface area contributed by atoms with Crippen molar-refractivity contribution in [3.05, 3.63) is 76.0 Å². The quantitative estimate of drug-likeness (QED) is 0.451. The number of aryl methyl sites for hydroxylation is 1. The van der Waals surface area contributed by atoms with Crippen LogP contribution in [0.4, 0.5) is 5.69 Å². The summed E-state index contributed by atoms with van der Waals surface area (Å²) in [6.45, 7) is 5.12. The molecule has 1 saturated heterocycles. The Morgan fingerprint density at radius 3 is 2.54 bits per heavy atom. The van der Waals surface area contributed by atoms with Gasteiger partial charge in [-0.1, -0.05) is 12.1 Å². The number of sulfonamides is 1. The summed E-state index contributed by atoms with van der Waals surface area (Å²) in [6.07, 6.45) is 0. The summed E-state index contributed by atoms with van der Waals surface area (Å²) in [6, 6.07) is 15.3. The fraction of sp³-hybridized carbons (Fsp3) is 0.320. The first-order chi connectivity index (χ1) is 16.9. The van der Waals surface area contributed by atoms with E-state index in [-0.39, 0.29) is 16.8 Å². The number of nitrogens with zero attached hydrogens (tertiary/aromatic N) is 1. The molecule has 1 aliphatic rings. The Bertz CT molecular complexity index is 1240. The molecule has 8 nitrogen and oxygen atoms in total. The number of rotatable bonds is 9. The highest BCUT2D eigenvalue weighted by atomic mass is 32.2. The zero-order valence-corrected chi connectivity index (χ0v) is 21.3. The maximum absolute atomic E-state index is 13.2. The third kappa shape index (κ3) is 6.21. The van der Waals surface area contributed by atoms with E-state index in [0.717, 1.165) is 13.1 Å². The standard InChI is InChI=1S/C25H29N3O5S2/c1-18-5-10-21(35(30,31)27-19-6-8-20(32-2)9-7-19)16-22(18)25(29)26-17-23(24-4-3-15-34-24)28-11-13-33-14-12-28/h3-10,15-16,23,27H,11-14,17H2,1-2H3,(H,26,29)/t23-/m1/s1. The van der Waals surface area contributed by atoms with Gasteiger partial charge in [0.15, 0.2) is 0 Å². The fourth-order valence-electron chi connectivity index (χ4n) is 3.95. The van der Waals surface area contributed by atoms with Crippen LogP contribution in [0.3, 0.4) is 0 Å². The number of amides is 1. The maximum Gasteiger partial charge on any atom is 0.261 e. The van der Waals surface area contributed by atoms with E-state index in [1.54, 1.807) is 55.7 Å². The molecule has 0 saturated carbocycles. The number of nitrogens with one attached hydrogen (secondary N) is 2. The summed E-state index contributed by atoms with van der Waals surface area (Å²) in [5, 5.41) is 5.05. The minimum Gasteiger partial charge on any atom is -0.497 e.